The van der Waals surface area contributed by atoms with Crippen LogP contribution in [0.3, 0.4) is 0 Å². The fraction of sp³-hybridized carbons (Fsp3) is 0.500. The molecule has 0 aliphatic heterocycles. The molecule has 0 bridgehead atoms. The Morgan fingerprint density at radius 3 is 1.78 bits per heavy atom. The van der Waals surface area contributed by atoms with Crippen LogP contribution in [0.4, 0.5) is 0 Å². The van der Waals surface area contributed by atoms with E-state index >= 15 is 0 Å². The van der Waals surface area contributed by atoms with E-state index in [1.807, 2.05) is 0 Å². The molecule has 0 atom stereocenters. The van der Waals surface area contributed by atoms with Crippen molar-refractivity contribution in [2.75, 3.05) is 0 Å². The summed E-state index contributed by atoms with van der Waals surface area (Å²) in [6.07, 6.45) is 1.21. The summed E-state index contributed by atoms with van der Waals surface area (Å²) in [6.45, 7) is 6.64. The SMILES string of the molecule is [Li][C]1=C(C)CC(C)=C1C. The maximum absolute atomic E-state index is 2.22. The van der Waals surface area contributed by atoms with Gasteiger partial charge < -0.3 is 0 Å². The van der Waals surface area contributed by atoms with Crippen LogP contribution in [0.1, 0.15) is 27.2 Å². The van der Waals surface area contributed by atoms with Gasteiger partial charge in [-0.1, -0.05) is 0 Å². The molecule has 0 nitrogen and oxygen atoms in total. The van der Waals surface area contributed by atoms with Gasteiger partial charge in [-0.3, -0.25) is 0 Å². The van der Waals surface area contributed by atoms with Crippen molar-refractivity contribution in [1.29, 1.82) is 0 Å². The summed E-state index contributed by atoms with van der Waals surface area (Å²) >= 11 is 2.21. The van der Waals surface area contributed by atoms with Gasteiger partial charge in [0, 0.05) is 0 Å². The van der Waals surface area contributed by atoms with Gasteiger partial charge in [0.1, 0.15) is 0 Å². The molecule has 9 heavy (non-hydrogen) atoms. The Morgan fingerprint density at radius 2 is 1.67 bits per heavy atom. The second-order valence-corrected chi connectivity index (χ2v) is 2.99. The predicted molar refractivity (Wildman–Crippen MR) is 41.4 cm³/mol. The molecular weight excluding hydrogens is 103 g/mol. The van der Waals surface area contributed by atoms with Crippen molar-refractivity contribution in [3.8, 4) is 0 Å². The van der Waals surface area contributed by atoms with Gasteiger partial charge >= 0.3 is 65.9 Å². The summed E-state index contributed by atoms with van der Waals surface area (Å²) in [5.41, 5.74) is 4.60. The Bertz CT molecular complexity index is 175. The number of allylic oxidation sites excluding steroid dienone is 4. The second-order valence-electron chi connectivity index (χ2n) is 2.99. The standard InChI is InChI=1S/C8H11.Li/c1-6-4-7(2)8(3)5-6;/h4H2,1-3H3;. The molecule has 0 saturated heterocycles. The number of rotatable bonds is 0. The molecule has 44 valence electrons. The van der Waals surface area contributed by atoms with Crippen LogP contribution in [0, 0.1) is 0 Å². The Balaban J connectivity index is 2.97. The van der Waals surface area contributed by atoms with Gasteiger partial charge in [0.25, 0.3) is 0 Å². The third kappa shape index (κ3) is 1.15. The van der Waals surface area contributed by atoms with E-state index in [0.29, 0.717) is 0 Å². The zero-order valence-corrected chi connectivity index (χ0v) is 6.71. The van der Waals surface area contributed by atoms with E-state index in [9.17, 15) is 0 Å². The van der Waals surface area contributed by atoms with Crippen LogP contribution in [-0.4, -0.2) is 17.7 Å². The van der Waals surface area contributed by atoms with Crippen LogP contribution in [0.15, 0.2) is 21.0 Å². The average molecular weight is 114 g/mol. The van der Waals surface area contributed by atoms with E-state index in [2.05, 4.69) is 38.5 Å². The summed E-state index contributed by atoms with van der Waals surface area (Å²) in [6, 6.07) is 0. The normalized spacial score (nSPS) is 20.1. The van der Waals surface area contributed by atoms with Gasteiger partial charge in [-0.05, 0) is 0 Å². The fourth-order valence-electron chi connectivity index (χ4n) is 1.30. The van der Waals surface area contributed by atoms with Crippen molar-refractivity contribution in [2.45, 2.75) is 27.2 Å². The van der Waals surface area contributed by atoms with Crippen molar-refractivity contribution in [1.82, 2.24) is 0 Å². The minimum absolute atomic E-state index is 1.21. The summed E-state index contributed by atoms with van der Waals surface area (Å²) in [5, 5.41) is 0. The van der Waals surface area contributed by atoms with Crippen LogP contribution < -0.4 is 0 Å². The molecule has 0 saturated carbocycles. The first-order valence-electron chi connectivity index (χ1n) is 3.46. The van der Waals surface area contributed by atoms with Crippen LogP contribution in [0.25, 0.3) is 0 Å². The third-order valence-electron chi connectivity index (χ3n) is 2.37. The van der Waals surface area contributed by atoms with E-state index in [-0.39, 0.29) is 0 Å². The van der Waals surface area contributed by atoms with Crippen molar-refractivity contribution in [3.63, 3.8) is 0 Å². The topological polar surface area (TPSA) is 0 Å². The van der Waals surface area contributed by atoms with Crippen LogP contribution in [0.2, 0.25) is 0 Å². The Hall–Kier alpha value is 0.0774. The summed E-state index contributed by atoms with van der Waals surface area (Å²) < 4.78 is 1.51. The van der Waals surface area contributed by atoms with Crippen molar-refractivity contribution >= 4 is 17.7 Å². The van der Waals surface area contributed by atoms with Crippen LogP contribution in [0.5, 0.6) is 0 Å². The van der Waals surface area contributed by atoms with E-state index < -0.39 is 0 Å². The van der Waals surface area contributed by atoms with E-state index in [1.54, 1.807) is 11.1 Å². The van der Waals surface area contributed by atoms with Gasteiger partial charge in [0.2, 0.25) is 0 Å². The second kappa shape index (κ2) is 2.37. The summed E-state index contributed by atoms with van der Waals surface area (Å²) in [5.74, 6) is 0. The molecule has 0 heterocycles. The number of hydrogen-bond acceptors (Lipinski definition) is 0. The van der Waals surface area contributed by atoms with Crippen LogP contribution in [-0.2, 0) is 0 Å². The molecule has 1 aliphatic carbocycles. The number of hydrogen-bond donors (Lipinski definition) is 0. The first-order chi connectivity index (χ1) is 4.13. The molecule has 0 aromatic carbocycles. The molecule has 0 fully saturated rings. The fourth-order valence-corrected chi connectivity index (χ4v) is 1.30. The Labute approximate surface area is 66.2 Å². The van der Waals surface area contributed by atoms with Gasteiger partial charge in [0.05, 0.1) is 0 Å². The van der Waals surface area contributed by atoms with Gasteiger partial charge in [0.15, 0.2) is 0 Å². The van der Waals surface area contributed by atoms with Crippen molar-refractivity contribution in [3.05, 3.63) is 21.0 Å². The first kappa shape index (κ1) is 7.19. The monoisotopic (exact) mass is 114 g/mol. The minimum atomic E-state index is 1.21. The Morgan fingerprint density at radius 1 is 1.11 bits per heavy atom. The van der Waals surface area contributed by atoms with Crippen molar-refractivity contribution < 1.29 is 0 Å². The van der Waals surface area contributed by atoms with Crippen LogP contribution >= 0.6 is 0 Å². The van der Waals surface area contributed by atoms with E-state index in [1.165, 1.54) is 16.2 Å². The molecule has 0 amide bonds. The predicted octanol–water partition coefficient (Wildman–Crippen LogP) is 2.17. The first-order valence-corrected chi connectivity index (χ1v) is 3.46. The average Bonchev–Trinajstić information content (AvgIpc) is 1.98. The van der Waals surface area contributed by atoms with Gasteiger partial charge in [-0.2, -0.15) is 0 Å². The quantitative estimate of drug-likeness (QED) is 0.423. The van der Waals surface area contributed by atoms with Gasteiger partial charge in [-0.25, -0.2) is 0 Å². The zero-order valence-electron chi connectivity index (χ0n) is 6.71. The van der Waals surface area contributed by atoms with E-state index in [0.717, 1.165) is 0 Å². The molecule has 0 spiro atoms. The maximum atomic E-state index is 2.22. The van der Waals surface area contributed by atoms with E-state index in [4.69, 9.17) is 0 Å². The zero-order chi connectivity index (χ0) is 7.02. The Kier molecular flexibility index (Phi) is 1.89. The third-order valence-corrected chi connectivity index (χ3v) is 2.37. The van der Waals surface area contributed by atoms with Crippen molar-refractivity contribution in [2.24, 2.45) is 0 Å². The van der Waals surface area contributed by atoms with Gasteiger partial charge in [-0.15, -0.1) is 0 Å². The molecule has 0 radical (unpaired) electrons. The molecule has 0 unspecified atom stereocenters. The molecule has 0 aromatic rings. The molecule has 1 heteroatoms. The summed E-state index contributed by atoms with van der Waals surface area (Å²) in [4.78, 5) is 0. The molecule has 0 N–H and O–H groups in total. The molecule has 1 aliphatic rings. The molecule has 1 rings (SSSR count). The summed E-state index contributed by atoms with van der Waals surface area (Å²) in [7, 11) is 0. The molecule has 0 aromatic heterocycles. The molecular formula is C8H11Li.